The fourth-order valence-corrected chi connectivity index (χ4v) is 1.63. The van der Waals surface area contributed by atoms with Gasteiger partial charge in [-0.05, 0) is 45.2 Å². The van der Waals surface area contributed by atoms with Crippen molar-refractivity contribution in [1.82, 2.24) is 0 Å². The number of carbonyl (C=O) groups excluding carboxylic acids is 1. The van der Waals surface area contributed by atoms with Gasteiger partial charge in [-0.15, -0.1) is 0 Å². The van der Waals surface area contributed by atoms with E-state index in [0.29, 0.717) is 6.42 Å². The largest absolute Gasteiger partial charge is 0.460 e. The first kappa shape index (κ1) is 14.7. The van der Waals surface area contributed by atoms with Gasteiger partial charge in [0.05, 0.1) is 5.92 Å². The van der Waals surface area contributed by atoms with Gasteiger partial charge in [0.15, 0.2) is 0 Å². The van der Waals surface area contributed by atoms with Crippen LogP contribution in [-0.4, -0.2) is 23.3 Å². The Kier molecular flexibility index (Phi) is 4.91. The van der Waals surface area contributed by atoms with Gasteiger partial charge in [0.25, 0.3) is 0 Å². The summed E-state index contributed by atoms with van der Waals surface area (Å²) in [6, 6.07) is 7.71. The molecule has 1 N–H and O–H groups in total. The second kappa shape index (κ2) is 6.01. The molecule has 1 rings (SSSR count). The zero-order valence-electron chi connectivity index (χ0n) is 11.6. The molecular formula is C15H22O3. The van der Waals surface area contributed by atoms with Gasteiger partial charge in [-0.3, -0.25) is 4.79 Å². The molecule has 0 fully saturated rings. The lowest BCUT2D eigenvalue weighted by Gasteiger charge is -2.22. The Morgan fingerprint density at radius 3 is 2.28 bits per heavy atom. The Morgan fingerprint density at radius 2 is 1.83 bits per heavy atom. The molecule has 3 nitrogen and oxygen atoms in total. The minimum Gasteiger partial charge on any atom is -0.460 e. The van der Waals surface area contributed by atoms with Gasteiger partial charge in [0.2, 0.25) is 0 Å². The first-order chi connectivity index (χ1) is 8.33. The highest BCUT2D eigenvalue weighted by Crippen LogP contribution is 2.20. The normalized spacial score (nSPS) is 13.2. The lowest BCUT2D eigenvalue weighted by atomic mass is 9.99. The topological polar surface area (TPSA) is 46.5 Å². The zero-order chi connectivity index (χ0) is 13.8. The highest BCUT2D eigenvalue weighted by Gasteiger charge is 2.22. The van der Waals surface area contributed by atoms with Crippen LogP contribution in [0.5, 0.6) is 0 Å². The summed E-state index contributed by atoms with van der Waals surface area (Å²) < 4.78 is 5.35. The minimum atomic E-state index is -0.456. The molecule has 3 heteroatoms. The van der Waals surface area contributed by atoms with E-state index in [0.717, 1.165) is 11.1 Å². The van der Waals surface area contributed by atoms with Crippen LogP contribution in [0.25, 0.3) is 0 Å². The number of rotatable bonds is 4. The molecule has 0 aromatic heterocycles. The second-order valence-electron chi connectivity index (χ2n) is 5.47. The molecule has 1 aromatic carbocycles. The molecule has 0 aliphatic heterocycles. The number of benzene rings is 1. The molecular weight excluding hydrogens is 228 g/mol. The molecule has 1 atom stereocenters. The Balaban J connectivity index is 2.71. The van der Waals surface area contributed by atoms with E-state index in [4.69, 9.17) is 9.84 Å². The van der Waals surface area contributed by atoms with Crippen LogP contribution in [0.1, 0.15) is 44.7 Å². The zero-order valence-corrected chi connectivity index (χ0v) is 11.6. The van der Waals surface area contributed by atoms with Gasteiger partial charge < -0.3 is 9.84 Å². The minimum absolute atomic E-state index is 0.140. The maximum Gasteiger partial charge on any atom is 0.313 e. The molecule has 0 saturated heterocycles. The molecule has 1 aromatic rings. The average molecular weight is 250 g/mol. The first-order valence-electron chi connectivity index (χ1n) is 6.26. The van der Waals surface area contributed by atoms with E-state index in [1.807, 2.05) is 52.0 Å². The number of aliphatic hydroxyl groups excluding tert-OH is 1. The van der Waals surface area contributed by atoms with E-state index in [-0.39, 0.29) is 18.5 Å². The average Bonchev–Trinajstić information content (AvgIpc) is 2.27. The van der Waals surface area contributed by atoms with Gasteiger partial charge in [-0.1, -0.05) is 24.3 Å². The summed E-state index contributed by atoms with van der Waals surface area (Å²) >= 11 is 0. The van der Waals surface area contributed by atoms with E-state index in [9.17, 15) is 4.79 Å². The van der Waals surface area contributed by atoms with Gasteiger partial charge in [-0.2, -0.15) is 0 Å². The van der Waals surface area contributed by atoms with E-state index < -0.39 is 5.60 Å². The van der Waals surface area contributed by atoms with Crippen molar-refractivity contribution in [3.8, 4) is 0 Å². The SMILES string of the molecule is CC(C(=O)OC(C)(C)C)c1ccc(CCO)cc1. The van der Waals surface area contributed by atoms with Crippen LogP contribution in [-0.2, 0) is 16.0 Å². The first-order valence-corrected chi connectivity index (χ1v) is 6.26. The quantitative estimate of drug-likeness (QED) is 0.836. The summed E-state index contributed by atoms with van der Waals surface area (Å²) in [5.74, 6) is -0.482. The molecule has 0 saturated carbocycles. The molecule has 0 bridgehead atoms. The molecule has 0 spiro atoms. The van der Waals surface area contributed by atoms with Crippen molar-refractivity contribution in [2.24, 2.45) is 0 Å². The van der Waals surface area contributed by atoms with Crippen molar-refractivity contribution < 1.29 is 14.6 Å². The summed E-state index contributed by atoms with van der Waals surface area (Å²) in [6.45, 7) is 7.57. The highest BCUT2D eigenvalue weighted by atomic mass is 16.6. The maximum atomic E-state index is 11.9. The Labute approximate surface area is 109 Å². The van der Waals surface area contributed by atoms with Crippen molar-refractivity contribution in [2.45, 2.75) is 45.6 Å². The van der Waals surface area contributed by atoms with Crippen LogP contribution in [0.4, 0.5) is 0 Å². The van der Waals surface area contributed by atoms with Crippen molar-refractivity contribution in [2.75, 3.05) is 6.61 Å². The molecule has 0 aliphatic rings. The summed E-state index contributed by atoms with van der Waals surface area (Å²) in [7, 11) is 0. The highest BCUT2D eigenvalue weighted by molar-refractivity contribution is 5.78. The lowest BCUT2D eigenvalue weighted by molar-refractivity contribution is -0.156. The van der Waals surface area contributed by atoms with Crippen LogP contribution in [0.2, 0.25) is 0 Å². The van der Waals surface area contributed by atoms with E-state index in [1.165, 1.54) is 0 Å². The third-order valence-corrected chi connectivity index (χ3v) is 2.64. The Bertz CT molecular complexity index is 387. The molecule has 0 heterocycles. The number of hydrogen-bond donors (Lipinski definition) is 1. The molecule has 0 aliphatic carbocycles. The number of aliphatic hydroxyl groups is 1. The predicted octanol–water partition coefficient (Wildman–Crippen LogP) is 2.67. The third kappa shape index (κ3) is 4.49. The monoisotopic (exact) mass is 250 g/mol. The summed E-state index contributed by atoms with van der Waals surface area (Å²) in [6.07, 6.45) is 0.640. The van der Waals surface area contributed by atoms with Crippen molar-refractivity contribution in [1.29, 1.82) is 0 Å². The van der Waals surface area contributed by atoms with E-state index in [2.05, 4.69) is 0 Å². The number of ether oxygens (including phenoxy) is 1. The maximum absolute atomic E-state index is 11.9. The second-order valence-corrected chi connectivity index (χ2v) is 5.47. The standard InChI is InChI=1S/C15H22O3/c1-11(14(17)18-15(2,3)4)13-7-5-12(6-8-13)9-10-16/h5-8,11,16H,9-10H2,1-4H3. The fourth-order valence-electron chi connectivity index (χ4n) is 1.63. The van der Waals surface area contributed by atoms with E-state index in [1.54, 1.807) is 0 Å². The summed E-state index contributed by atoms with van der Waals surface area (Å²) in [4.78, 5) is 11.9. The molecule has 0 amide bonds. The van der Waals surface area contributed by atoms with Gasteiger partial charge in [0.1, 0.15) is 5.60 Å². The van der Waals surface area contributed by atoms with Crippen LogP contribution in [0, 0.1) is 0 Å². The molecule has 0 radical (unpaired) electrons. The third-order valence-electron chi connectivity index (χ3n) is 2.64. The Hall–Kier alpha value is -1.35. The number of esters is 1. The van der Waals surface area contributed by atoms with Crippen molar-refractivity contribution >= 4 is 5.97 Å². The Morgan fingerprint density at radius 1 is 1.28 bits per heavy atom. The van der Waals surface area contributed by atoms with Crippen LogP contribution >= 0.6 is 0 Å². The summed E-state index contributed by atoms with van der Waals surface area (Å²) in [5, 5.41) is 8.84. The predicted molar refractivity (Wildman–Crippen MR) is 71.5 cm³/mol. The van der Waals surface area contributed by atoms with Crippen LogP contribution in [0.3, 0.4) is 0 Å². The van der Waals surface area contributed by atoms with E-state index >= 15 is 0 Å². The fraction of sp³-hybridized carbons (Fsp3) is 0.533. The van der Waals surface area contributed by atoms with Crippen molar-refractivity contribution in [3.05, 3.63) is 35.4 Å². The molecule has 18 heavy (non-hydrogen) atoms. The van der Waals surface area contributed by atoms with Crippen LogP contribution in [0.15, 0.2) is 24.3 Å². The lowest BCUT2D eigenvalue weighted by Crippen LogP contribution is -2.26. The number of hydrogen-bond acceptors (Lipinski definition) is 3. The van der Waals surface area contributed by atoms with Gasteiger partial charge in [0, 0.05) is 6.61 Å². The van der Waals surface area contributed by atoms with Crippen molar-refractivity contribution in [3.63, 3.8) is 0 Å². The molecule has 1 unspecified atom stereocenters. The number of carbonyl (C=O) groups is 1. The molecule has 100 valence electrons. The summed E-state index contributed by atoms with van der Waals surface area (Å²) in [5.41, 5.74) is 1.55. The smallest absolute Gasteiger partial charge is 0.313 e. The van der Waals surface area contributed by atoms with Gasteiger partial charge in [-0.25, -0.2) is 0 Å². The van der Waals surface area contributed by atoms with Gasteiger partial charge >= 0.3 is 5.97 Å². The van der Waals surface area contributed by atoms with Crippen LogP contribution < -0.4 is 0 Å².